The number of halogens is 5. The van der Waals surface area contributed by atoms with E-state index >= 15 is 0 Å². The summed E-state index contributed by atoms with van der Waals surface area (Å²) in [5, 5.41) is 0.409. The summed E-state index contributed by atoms with van der Waals surface area (Å²) in [6.07, 6.45) is 0. The normalized spacial score (nSPS) is 11.1. The smallest absolute Gasteiger partial charge is 0.418 e. The summed E-state index contributed by atoms with van der Waals surface area (Å²) in [5.74, 6) is 0. The second-order valence-electron chi connectivity index (χ2n) is 2.88. The molecule has 88 valence electrons. The zero-order valence-electron chi connectivity index (χ0n) is 8.13. The molecule has 16 heavy (non-hydrogen) atoms. The van der Waals surface area contributed by atoms with E-state index < -0.39 is 7.25 Å². The van der Waals surface area contributed by atoms with Crippen molar-refractivity contribution >= 4 is 30.0 Å². The van der Waals surface area contributed by atoms with Crippen LogP contribution in [0.15, 0.2) is 28.7 Å². The lowest BCUT2D eigenvalue weighted by molar-refractivity contribution is -0.647. The minimum Gasteiger partial charge on any atom is -0.418 e. The van der Waals surface area contributed by atoms with Crippen LogP contribution in [-0.4, -0.2) is 7.25 Å². The monoisotopic (exact) mass is 255 g/mol. The molecule has 0 aliphatic heterocycles. The molecule has 1 heterocycles. The van der Waals surface area contributed by atoms with Crippen LogP contribution in [0.3, 0.4) is 0 Å². The number of aromatic nitrogens is 1. The molecule has 1 aromatic heterocycles. The number of aryl methyl sites for hydroxylation is 1. The van der Waals surface area contributed by atoms with Crippen LogP contribution < -0.4 is 4.57 Å². The Hall–Kier alpha value is -1.24. The number of nitrogens with zero attached hydrogens (tertiary/aromatic N) is 1. The molecule has 0 radical (unpaired) electrons. The Morgan fingerprint density at radius 3 is 2.19 bits per heavy atom. The van der Waals surface area contributed by atoms with Gasteiger partial charge in [-0.2, -0.15) is 0 Å². The predicted molar refractivity (Wildman–Crippen MR) is 52.6 cm³/mol. The number of oxazole rings is 1. The number of hydrogen-bond donors (Lipinski definition) is 0. The van der Waals surface area contributed by atoms with E-state index in [0.717, 1.165) is 11.1 Å². The molecule has 1 aromatic carbocycles. The Labute approximate surface area is 93.5 Å². The predicted octanol–water partition coefficient (Wildman–Crippen LogP) is 3.21. The molecule has 0 fully saturated rings. The van der Waals surface area contributed by atoms with E-state index in [0.29, 0.717) is 5.35 Å². The summed E-state index contributed by atoms with van der Waals surface area (Å²) >= 11 is 5.75. The number of fused-ring (bicyclic) bond motifs is 1. The highest BCUT2D eigenvalue weighted by Crippen LogP contribution is 2.14. The van der Waals surface area contributed by atoms with Gasteiger partial charge in [-0.3, -0.25) is 0 Å². The van der Waals surface area contributed by atoms with E-state index in [1.54, 1.807) is 4.57 Å². The van der Waals surface area contributed by atoms with Gasteiger partial charge in [0.05, 0.1) is 0 Å². The lowest BCUT2D eigenvalue weighted by Crippen LogP contribution is -2.26. The van der Waals surface area contributed by atoms with Crippen LogP contribution in [0.25, 0.3) is 11.1 Å². The third kappa shape index (κ3) is 3.73. The van der Waals surface area contributed by atoms with E-state index in [1.807, 2.05) is 31.3 Å². The minimum absolute atomic E-state index is 0.409. The van der Waals surface area contributed by atoms with Crippen LogP contribution in [0, 0.1) is 0 Å². The van der Waals surface area contributed by atoms with Gasteiger partial charge in [0.25, 0.3) is 5.52 Å². The SMILES string of the molecule is C[n+]1c(Cl)oc2ccccc21.F[B-](F)(F)F. The first-order valence-electron chi connectivity index (χ1n) is 4.19. The average molecular weight is 255 g/mol. The molecule has 0 aliphatic rings. The van der Waals surface area contributed by atoms with Crippen molar-refractivity contribution in [3.63, 3.8) is 0 Å². The Kier molecular flexibility index (Phi) is 3.80. The van der Waals surface area contributed by atoms with Gasteiger partial charge in [-0.25, -0.2) is 0 Å². The molecule has 0 saturated heterocycles. The number of para-hydroxylation sites is 2. The topological polar surface area (TPSA) is 17.0 Å². The van der Waals surface area contributed by atoms with Crippen LogP contribution in [0.1, 0.15) is 0 Å². The first-order valence-corrected chi connectivity index (χ1v) is 4.57. The highest BCUT2D eigenvalue weighted by atomic mass is 35.5. The van der Waals surface area contributed by atoms with Crippen molar-refractivity contribution in [2.45, 2.75) is 0 Å². The molecular formula is C8H7BClF4NO. The van der Waals surface area contributed by atoms with E-state index in [9.17, 15) is 17.3 Å². The van der Waals surface area contributed by atoms with Crippen LogP contribution in [0.2, 0.25) is 5.35 Å². The molecule has 0 atom stereocenters. The van der Waals surface area contributed by atoms with Crippen LogP contribution in [-0.2, 0) is 7.05 Å². The largest absolute Gasteiger partial charge is 0.673 e. The quantitative estimate of drug-likeness (QED) is 0.401. The maximum atomic E-state index is 9.75. The van der Waals surface area contributed by atoms with Crippen molar-refractivity contribution in [2.75, 3.05) is 0 Å². The molecule has 2 rings (SSSR count). The molecule has 0 spiro atoms. The summed E-state index contributed by atoms with van der Waals surface area (Å²) in [6, 6.07) is 7.72. The van der Waals surface area contributed by atoms with Gasteiger partial charge in [0, 0.05) is 17.7 Å². The molecular weight excluding hydrogens is 248 g/mol. The lowest BCUT2D eigenvalue weighted by Gasteiger charge is -1.94. The molecule has 2 aromatic rings. The summed E-state index contributed by atoms with van der Waals surface area (Å²) in [5.41, 5.74) is 1.83. The number of benzene rings is 1. The summed E-state index contributed by atoms with van der Waals surface area (Å²) in [7, 11) is -4.13. The summed E-state index contributed by atoms with van der Waals surface area (Å²) in [6.45, 7) is 0. The molecule has 0 bridgehead atoms. The minimum atomic E-state index is -6.00. The molecule has 0 aliphatic carbocycles. The van der Waals surface area contributed by atoms with Crippen LogP contribution >= 0.6 is 11.6 Å². The van der Waals surface area contributed by atoms with Crippen molar-refractivity contribution in [3.8, 4) is 0 Å². The Morgan fingerprint density at radius 2 is 1.69 bits per heavy atom. The Balaban J connectivity index is 0.000000221. The van der Waals surface area contributed by atoms with Crippen molar-refractivity contribution < 1.29 is 26.2 Å². The Bertz CT molecular complexity index is 478. The highest BCUT2D eigenvalue weighted by Gasteiger charge is 2.20. The fourth-order valence-corrected chi connectivity index (χ4v) is 1.25. The van der Waals surface area contributed by atoms with Crippen molar-refractivity contribution in [3.05, 3.63) is 29.6 Å². The van der Waals surface area contributed by atoms with Gasteiger partial charge in [-0.15, -0.1) is 4.57 Å². The fraction of sp³-hybridized carbons (Fsp3) is 0.125. The molecule has 2 nitrogen and oxygen atoms in total. The Morgan fingerprint density at radius 1 is 1.19 bits per heavy atom. The van der Waals surface area contributed by atoms with Crippen molar-refractivity contribution in [1.29, 1.82) is 0 Å². The number of hydrogen-bond acceptors (Lipinski definition) is 1. The second-order valence-corrected chi connectivity index (χ2v) is 3.20. The third-order valence-electron chi connectivity index (χ3n) is 1.68. The van der Waals surface area contributed by atoms with E-state index in [-0.39, 0.29) is 0 Å². The molecule has 8 heteroatoms. The van der Waals surface area contributed by atoms with Gasteiger partial charge >= 0.3 is 12.6 Å². The molecule has 0 N–H and O–H groups in total. The molecule has 0 unspecified atom stereocenters. The van der Waals surface area contributed by atoms with Gasteiger partial charge in [0.2, 0.25) is 5.58 Å². The standard InChI is InChI=1S/C8H7ClNO.BF4/c1-10-6-4-2-3-5-7(6)11-8(10)9;2-1(3,4)5/h2-5H,1H3;/q+1;-1. The third-order valence-corrected chi connectivity index (χ3v) is 2.02. The zero-order chi connectivity index (χ0) is 12.3. The van der Waals surface area contributed by atoms with Gasteiger partial charge in [-0.1, -0.05) is 12.1 Å². The summed E-state index contributed by atoms with van der Waals surface area (Å²) < 4.78 is 46.0. The average Bonchev–Trinajstić information content (AvgIpc) is 2.41. The molecule has 0 saturated carbocycles. The van der Waals surface area contributed by atoms with Gasteiger partial charge in [-0.05, 0) is 6.07 Å². The lowest BCUT2D eigenvalue weighted by atomic mass is 10.3. The van der Waals surface area contributed by atoms with Gasteiger partial charge < -0.3 is 21.7 Å². The van der Waals surface area contributed by atoms with Crippen LogP contribution in [0.4, 0.5) is 17.3 Å². The second kappa shape index (κ2) is 4.73. The van der Waals surface area contributed by atoms with E-state index in [2.05, 4.69) is 0 Å². The van der Waals surface area contributed by atoms with Gasteiger partial charge in [0.1, 0.15) is 7.05 Å². The fourth-order valence-electron chi connectivity index (χ4n) is 1.07. The van der Waals surface area contributed by atoms with Gasteiger partial charge in [0.15, 0.2) is 0 Å². The maximum absolute atomic E-state index is 9.75. The van der Waals surface area contributed by atoms with Crippen molar-refractivity contribution in [2.24, 2.45) is 7.05 Å². The van der Waals surface area contributed by atoms with E-state index in [1.165, 1.54) is 0 Å². The summed E-state index contributed by atoms with van der Waals surface area (Å²) in [4.78, 5) is 0. The molecule has 0 amide bonds. The van der Waals surface area contributed by atoms with E-state index in [4.69, 9.17) is 16.0 Å². The first-order chi connectivity index (χ1) is 7.29. The van der Waals surface area contributed by atoms with Crippen LogP contribution in [0.5, 0.6) is 0 Å². The zero-order valence-corrected chi connectivity index (χ0v) is 8.89. The first kappa shape index (κ1) is 12.8. The number of rotatable bonds is 0. The van der Waals surface area contributed by atoms with Crippen molar-refractivity contribution in [1.82, 2.24) is 0 Å². The highest BCUT2D eigenvalue weighted by molar-refractivity contribution is 6.50. The maximum Gasteiger partial charge on any atom is 0.673 e.